The second kappa shape index (κ2) is 6.19. The van der Waals surface area contributed by atoms with E-state index in [2.05, 4.69) is 0 Å². The molecule has 0 amide bonds. The van der Waals surface area contributed by atoms with Crippen molar-refractivity contribution in [3.05, 3.63) is 38.9 Å². The molecule has 0 unspecified atom stereocenters. The average molecular weight is 244 g/mol. The van der Waals surface area contributed by atoms with E-state index < -0.39 is 4.92 Å². The topological polar surface area (TPSA) is 69.4 Å². The summed E-state index contributed by atoms with van der Waals surface area (Å²) in [7, 11) is 0. The highest BCUT2D eigenvalue weighted by atomic mass is 35.5. The van der Waals surface area contributed by atoms with Gasteiger partial charge in [-0.1, -0.05) is 17.7 Å². The van der Waals surface area contributed by atoms with Gasteiger partial charge in [-0.25, -0.2) is 0 Å². The lowest BCUT2D eigenvalue weighted by Gasteiger charge is -2.03. The van der Waals surface area contributed by atoms with Crippen molar-refractivity contribution in [2.75, 3.05) is 13.2 Å². The average Bonchev–Trinajstić information content (AvgIpc) is 2.26. The van der Waals surface area contributed by atoms with Crippen LogP contribution in [0.5, 0.6) is 0 Å². The van der Waals surface area contributed by atoms with Crippen molar-refractivity contribution >= 4 is 23.6 Å². The molecular weight excluding hydrogens is 234 g/mol. The van der Waals surface area contributed by atoms with Crippen LogP contribution in [0.25, 0.3) is 0 Å². The Morgan fingerprint density at radius 1 is 1.50 bits per heavy atom. The van der Waals surface area contributed by atoms with Gasteiger partial charge in [0.05, 0.1) is 16.6 Å². The number of hydrogen-bond acceptors (Lipinski definition) is 4. The van der Waals surface area contributed by atoms with E-state index in [-0.39, 0.29) is 12.3 Å². The first-order valence-corrected chi connectivity index (χ1v) is 4.97. The molecule has 0 spiro atoms. The second-order valence-corrected chi connectivity index (χ2v) is 3.43. The molecule has 0 atom stereocenters. The van der Waals surface area contributed by atoms with Crippen molar-refractivity contribution in [3.63, 3.8) is 0 Å². The number of non-ortho nitro benzene ring substituents is 1. The van der Waals surface area contributed by atoms with Gasteiger partial charge in [-0.3, -0.25) is 10.1 Å². The molecule has 0 aromatic heterocycles. The van der Waals surface area contributed by atoms with E-state index in [0.717, 1.165) is 5.56 Å². The van der Waals surface area contributed by atoms with Crippen molar-refractivity contribution in [1.29, 1.82) is 0 Å². The minimum Gasteiger partial charge on any atom is -0.374 e. The third-order valence-electron chi connectivity index (χ3n) is 1.95. The molecule has 0 saturated heterocycles. The Hall–Kier alpha value is -1.46. The molecule has 0 saturated carbocycles. The number of aldehydes is 1. The lowest BCUT2D eigenvalue weighted by Crippen LogP contribution is -2.01. The fourth-order valence-electron chi connectivity index (χ4n) is 1.17. The normalized spacial score (nSPS) is 10.1. The fraction of sp³-hybridized carbons (Fsp3) is 0.300. The van der Waals surface area contributed by atoms with Crippen LogP contribution in [-0.2, 0) is 16.0 Å². The van der Waals surface area contributed by atoms with Gasteiger partial charge in [0, 0.05) is 12.1 Å². The van der Waals surface area contributed by atoms with Crippen molar-refractivity contribution in [1.82, 2.24) is 0 Å². The number of rotatable bonds is 6. The standard InChI is InChI=1S/C10H10ClNO4/c11-10-7-9(12(14)15)2-1-8(10)3-5-16-6-4-13/h1-2,4,7H,3,5-6H2. The molecule has 86 valence electrons. The fourth-order valence-corrected chi connectivity index (χ4v) is 1.44. The predicted molar refractivity (Wildman–Crippen MR) is 58.7 cm³/mol. The summed E-state index contributed by atoms with van der Waals surface area (Å²) in [5, 5.41) is 10.8. The van der Waals surface area contributed by atoms with E-state index >= 15 is 0 Å². The van der Waals surface area contributed by atoms with Crippen LogP contribution >= 0.6 is 11.6 Å². The third-order valence-corrected chi connectivity index (χ3v) is 2.30. The zero-order valence-electron chi connectivity index (χ0n) is 8.39. The van der Waals surface area contributed by atoms with Crippen LogP contribution in [0.1, 0.15) is 5.56 Å². The molecule has 1 aromatic rings. The van der Waals surface area contributed by atoms with Crippen LogP contribution in [0.2, 0.25) is 5.02 Å². The molecule has 1 rings (SSSR count). The Labute approximate surface area is 97.1 Å². The number of nitro groups is 1. The van der Waals surface area contributed by atoms with Gasteiger partial charge in [-0.15, -0.1) is 0 Å². The monoisotopic (exact) mass is 243 g/mol. The van der Waals surface area contributed by atoms with Gasteiger partial charge in [-0.05, 0) is 12.0 Å². The first kappa shape index (κ1) is 12.6. The van der Waals surface area contributed by atoms with E-state index in [1.54, 1.807) is 6.07 Å². The summed E-state index contributed by atoms with van der Waals surface area (Å²) in [5.41, 5.74) is 0.723. The maximum atomic E-state index is 10.4. The lowest BCUT2D eigenvalue weighted by atomic mass is 10.1. The first-order valence-electron chi connectivity index (χ1n) is 4.59. The molecule has 0 fully saturated rings. The highest BCUT2D eigenvalue weighted by molar-refractivity contribution is 6.31. The SMILES string of the molecule is O=CCOCCc1ccc([N+](=O)[O-])cc1Cl. The van der Waals surface area contributed by atoms with E-state index in [0.29, 0.717) is 24.3 Å². The summed E-state index contributed by atoms with van der Waals surface area (Å²) in [6.45, 7) is 0.404. The number of carbonyl (C=O) groups excluding carboxylic acids is 1. The number of carbonyl (C=O) groups is 1. The Bertz CT molecular complexity index is 394. The summed E-state index contributed by atoms with van der Waals surface area (Å²) < 4.78 is 4.96. The molecular formula is C10H10ClNO4. The van der Waals surface area contributed by atoms with Gasteiger partial charge in [0.2, 0.25) is 0 Å². The quantitative estimate of drug-likeness (QED) is 0.332. The van der Waals surface area contributed by atoms with Crippen LogP contribution in [0.15, 0.2) is 18.2 Å². The Morgan fingerprint density at radius 3 is 2.81 bits per heavy atom. The smallest absolute Gasteiger partial charge is 0.270 e. The number of halogens is 1. The van der Waals surface area contributed by atoms with Gasteiger partial charge in [0.15, 0.2) is 0 Å². The summed E-state index contributed by atoms with van der Waals surface area (Å²) in [6.07, 6.45) is 1.18. The zero-order chi connectivity index (χ0) is 12.0. The zero-order valence-corrected chi connectivity index (χ0v) is 9.14. The number of nitrogens with zero attached hydrogens (tertiary/aromatic N) is 1. The van der Waals surface area contributed by atoms with E-state index in [1.165, 1.54) is 12.1 Å². The van der Waals surface area contributed by atoms with Gasteiger partial charge >= 0.3 is 0 Å². The van der Waals surface area contributed by atoms with E-state index in [9.17, 15) is 14.9 Å². The highest BCUT2D eigenvalue weighted by Gasteiger charge is 2.08. The van der Waals surface area contributed by atoms with Crippen LogP contribution in [0.3, 0.4) is 0 Å². The minimum absolute atomic E-state index is 0.0393. The lowest BCUT2D eigenvalue weighted by molar-refractivity contribution is -0.384. The Morgan fingerprint density at radius 2 is 2.25 bits per heavy atom. The van der Waals surface area contributed by atoms with Crippen molar-refractivity contribution in [2.45, 2.75) is 6.42 Å². The number of nitro benzene ring substituents is 1. The van der Waals surface area contributed by atoms with Gasteiger partial charge < -0.3 is 9.53 Å². The Kier molecular flexibility index (Phi) is 4.88. The highest BCUT2D eigenvalue weighted by Crippen LogP contribution is 2.22. The molecule has 6 heteroatoms. The summed E-state index contributed by atoms with van der Waals surface area (Å²) in [5.74, 6) is 0. The van der Waals surface area contributed by atoms with Crippen LogP contribution in [0, 0.1) is 10.1 Å². The third kappa shape index (κ3) is 3.60. The van der Waals surface area contributed by atoms with Crippen molar-refractivity contribution in [2.24, 2.45) is 0 Å². The molecule has 0 N–H and O–H groups in total. The maximum absolute atomic E-state index is 10.4. The molecule has 0 aliphatic heterocycles. The molecule has 5 nitrogen and oxygen atoms in total. The second-order valence-electron chi connectivity index (χ2n) is 3.02. The summed E-state index contributed by atoms with van der Waals surface area (Å²) in [4.78, 5) is 19.9. The summed E-state index contributed by atoms with van der Waals surface area (Å²) in [6, 6.07) is 4.28. The number of benzene rings is 1. The molecule has 0 aliphatic rings. The number of ether oxygens (including phenoxy) is 1. The molecule has 0 heterocycles. The largest absolute Gasteiger partial charge is 0.374 e. The van der Waals surface area contributed by atoms with Crippen LogP contribution < -0.4 is 0 Å². The molecule has 16 heavy (non-hydrogen) atoms. The van der Waals surface area contributed by atoms with Crippen LogP contribution in [-0.4, -0.2) is 24.4 Å². The number of hydrogen-bond donors (Lipinski definition) is 0. The Balaban J connectivity index is 2.61. The van der Waals surface area contributed by atoms with Gasteiger partial charge in [-0.2, -0.15) is 0 Å². The molecule has 0 radical (unpaired) electrons. The van der Waals surface area contributed by atoms with Crippen molar-refractivity contribution < 1.29 is 14.5 Å². The van der Waals surface area contributed by atoms with Gasteiger partial charge in [0.1, 0.15) is 12.9 Å². The van der Waals surface area contributed by atoms with Gasteiger partial charge in [0.25, 0.3) is 5.69 Å². The summed E-state index contributed by atoms with van der Waals surface area (Å²) >= 11 is 5.86. The van der Waals surface area contributed by atoms with Crippen LogP contribution in [0.4, 0.5) is 5.69 Å². The predicted octanol–water partition coefficient (Wildman–Crippen LogP) is 2.01. The van der Waals surface area contributed by atoms with E-state index in [1.807, 2.05) is 0 Å². The first-order chi connectivity index (χ1) is 7.65. The molecule has 1 aromatic carbocycles. The molecule has 0 aliphatic carbocycles. The van der Waals surface area contributed by atoms with E-state index in [4.69, 9.17) is 16.3 Å². The minimum atomic E-state index is -0.501. The maximum Gasteiger partial charge on any atom is 0.270 e. The van der Waals surface area contributed by atoms with Crippen molar-refractivity contribution in [3.8, 4) is 0 Å². The molecule has 0 bridgehead atoms.